The van der Waals surface area contributed by atoms with Gasteiger partial charge in [-0.1, -0.05) is 17.7 Å². The van der Waals surface area contributed by atoms with Crippen molar-refractivity contribution < 1.29 is 13.2 Å². The maximum Gasteiger partial charge on any atom is 0.148 e. The van der Waals surface area contributed by atoms with Crippen LogP contribution < -0.4 is 15.8 Å². The highest BCUT2D eigenvalue weighted by molar-refractivity contribution is 7.90. The summed E-state index contributed by atoms with van der Waals surface area (Å²) in [5.41, 5.74) is 9.98. The van der Waals surface area contributed by atoms with E-state index in [-0.39, 0.29) is 5.75 Å². The summed E-state index contributed by atoms with van der Waals surface area (Å²) in [6.07, 6.45) is 4.79. The third-order valence-corrected chi connectivity index (χ3v) is 7.99. The number of aromatic nitrogens is 4. The Labute approximate surface area is 235 Å². The van der Waals surface area contributed by atoms with Crippen LogP contribution >= 0.6 is 22.9 Å². The fraction of sp³-hybridized carbons (Fsp3) is 0.185. The molecule has 0 saturated heterocycles. The summed E-state index contributed by atoms with van der Waals surface area (Å²) in [5, 5.41) is 7.30. The van der Waals surface area contributed by atoms with E-state index in [0.29, 0.717) is 29.6 Å². The topological polar surface area (TPSA) is 133 Å². The number of ether oxygens (including phenoxy) is 1. The van der Waals surface area contributed by atoms with E-state index in [9.17, 15) is 8.42 Å². The Morgan fingerprint density at radius 1 is 1.08 bits per heavy atom. The minimum absolute atomic E-state index is 0.0798. The van der Waals surface area contributed by atoms with E-state index in [1.807, 2.05) is 47.8 Å². The van der Waals surface area contributed by atoms with Gasteiger partial charge in [0.1, 0.15) is 39.3 Å². The predicted octanol–water partition coefficient (Wildman–Crippen LogP) is 5.04. The minimum atomic E-state index is -3.15. The van der Waals surface area contributed by atoms with E-state index >= 15 is 0 Å². The third kappa shape index (κ3) is 7.07. The van der Waals surface area contributed by atoms with E-state index in [0.717, 1.165) is 38.5 Å². The monoisotopic (exact) mass is 580 g/mol. The zero-order valence-corrected chi connectivity index (χ0v) is 23.3. The largest absolute Gasteiger partial charge is 0.486 e. The normalized spacial score (nSPS) is 12.4. The van der Waals surface area contributed by atoms with E-state index in [1.165, 1.54) is 23.9 Å². The number of nitrogens with two attached hydrogens (primary N) is 1. The van der Waals surface area contributed by atoms with Crippen molar-refractivity contribution in [2.24, 2.45) is 5.73 Å². The molecular formula is C27H25ClN6O3S2. The van der Waals surface area contributed by atoms with Crippen LogP contribution in [0.25, 0.3) is 21.5 Å². The number of benzene rings is 2. The van der Waals surface area contributed by atoms with Crippen LogP contribution in [0.5, 0.6) is 5.75 Å². The van der Waals surface area contributed by atoms with Crippen molar-refractivity contribution in [1.82, 2.24) is 19.9 Å². The lowest BCUT2D eigenvalue weighted by Crippen LogP contribution is -2.31. The molecule has 39 heavy (non-hydrogen) atoms. The van der Waals surface area contributed by atoms with Gasteiger partial charge in [-0.05, 0) is 48.5 Å². The number of halogens is 1. The molecule has 0 spiro atoms. The van der Waals surface area contributed by atoms with Crippen molar-refractivity contribution in [2.45, 2.75) is 19.1 Å². The molecule has 0 bridgehead atoms. The number of thiazole rings is 1. The lowest BCUT2D eigenvalue weighted by Gasteiger charge is -2.12. The van der Waals surface area contributed by atoms with Crippen molar-refractivity contribution in [2.75, 3.05) is 17.3 Å². The van der Waals surface area contributed by atoms with E-state index in [2.05, 4.69) is 25.3 Å². The van der Waals surface area contributed by atoms with Gasteiger partial charge >= 0.3 is 0 Å². The van der Waals surface area contributed by atoms with Crippen molar-refractivity contribution in [1.29, 1.82) is 0 Å². The number of hydrogen-bond donors (Lipinski definition) is 2. The fourth-order valence-electron chi connectivity index (χ4n) is 4.01. The first-order chi connectivity index (χ1) is 18.7. The second-order valence-corrected chi connectivity index (χ2v) is 12.5. The molecule has 12 heteroatoms. The summed E-state index contributed by atoms with van der Waals surface area (Å²) in [4.78, 5) is 17.8. The van der Waals surface area contributed by atoms with Crippen molar-refractivity contribution in [3.8, 4) is 16.3 Å². The molecule has 0 amide bonds. The van der Waals surface area contributed by atoms with Crippen LogP contribution in [0.4, 0.5) is 11.5 Å². The molecule has 5 rings (SSSR count). The lowest BCUT2D eigenvalue weighted by molar-refractivity contribution is 0.301. The summed E-state index contributed by atoms with van der Waals surface area (Å²) in [6.45, 7) is 0.314. The van der Waals surface area contributed by atoms with Gasteiger partial charge in [0.05, 0.1) is 27.7 Å². The first kappa shape index (κ1) is 26.9. The van der Waals surface area contributed by atoms with Crippen LogP contribution in [0, 0.1) is 0 Å². The van der Waals surface area contributed by atoms with Gasteiger partial charge in [-0.3, -0.25) is 4.98 Å². The summed E-state index contributed by atoms with van der Waals surface area (Å²) >= 11 is 7.97. The molecule has 0 radical (unpaired) electrons. The highest BCUT2D eigenvalue weighted by Crippen LogP contribution is 2.33. The summed E-state index contributed by atoms with van der Waals surface area (Å²) in [7, 11) is -3.15. The number of sulfone groups is 1. The number of nitrogens with zero attached hydrogens (tertiary/aromatic N) is 4. The van der Waals surface area contributed by atoms with E-state index in [4.69, 9.17) is 22.1 Å². The molecule has 0 aliphatic heterocycles. The van der Waals surface area contributed by atoms with Gasteiger partial charge in [0, 0.05) is 46.9 Å². The maximum atomic E-state index is 11.5. The average Bonchev–Trinajstić information content (AvgIpc) is 3.36. The smallest absolute Gasteiger partial charge is 0.148 e. The fourth-order valence-corrected chi connectivity index (χ4v) is 5.97. The predicted molar refractivity (Wildman–Crippen MR) is 155 cm³/mol. The van der Waals surface area contributed by atoms with E-state index in [1.54, 1.807) is 18.3 Å². The van der Waals surface area contributed by atoms with Gasteiger partial charge < -0.3 is 15.8 Å². The molecule has 2 aromatic carbocycles. The molecule has 3 aromatic heterocycles. The van der Waals surface area contributed by atoms with Crippen LogP contribution in [0.1, 0.15) is 11.4 Å². The zero-order valence-electron chi connectivity index (χ0n) is 20.9. The van der Waals surface area contributed by atoms with E-state index < -0.39 is 15.9 Å². The second-order valence-electron chi connectivity index (χ2n) is 9.03. The number of pyridine rings is 1. The van der Waals surface area contributed by atoms with Gasteiger partial charge in [-0.25, -0.2) is 23.4 Å². The van der Waals surface area contributed by atoms with Crippen molar-refractivity contribution >= 4 is 55.2 Å². The number of hydrogen-bond acceptors (Lipinski definition) is 10. The van der Waals surface area contributed by atoms with Gasteiger partial charge in [-0.2, -0.15) is 0 Å². The van der Waals surface area contributed by atoms with Crippen LogP contribution in [0.2, 0.25) is 5.02 Å². The number of nitrogens with one attached hydrogen (secondary N) is 1. The Bertz CT molecular complexity index is 1710. The van der Waals surface area contributed by atoms with Gasteiger partial charge in [0.25, 0.3) is 0 Å². The molecular weight excluding hydrogens is 556 g/mol. The molecule has 9 nitrogen and oxygen atoms in total. The molecule has 5 aromatic rings. The Morgan fingerprint density at radius 2 is 1.95 bits per heavy atom. The molecule has 0 fully saturated rings. The Hall–Kier alpha value is -3.64. The Kier molecular flexibility index (Phi) is 8.03. The molecule has 1 unspecified atom stereocenters. The zero-order chi connectivity index (χ0) is 27.4. The molecule has 200 valence electrons. The first-order valence-corrected chi connectivity index (χ1v) is 15.3. The van der Waals surface area contributed by atoms with Crippen LogP contribution in [0.3, 0.4) is 0 Å². The summed E-state index contributed by atoms with van der Waals surface area (Å²) in [6, 6.07) is 16.4. The second kappa shape index (κ2) is 11.6. The minimum Gasteiger partial charge on any atom is -0.486 e. The van der Waals surface area contributed by atoms with Crippen molar-refractivity contribution in [3.05, 3.63) is 88.9 Å². The highest BCUT2D eigenvalue weighted by Gasteiger charge is 2.15. The average molecular weight is 581 g/mol. The molecule has 3 N–H and O–H groups in total. The van der Waals surface area contributed by atoms with Gasteiger partial charge in [0.15, 0.2) is 0 Å². The van der Waals surface area contributed by atoms with Crippen molar-refractivity contribution in [3.63, 3.8) is 0 Å². The third-order valence-electron chi connectivity index (χ3n) is 5.72. The first-order valence-electron chi connectivity index (χ1n) is 12.0. The standard InChI is InChI=1S/C27H25ClN6O3S2/c1-39(35,36)15-18(29)11-21-14-38-27(34-21)17-5-7-24-22(10-17)26(32-16-31-24)33-19-6-8-25(23(28)12-19)37-13-20-4-2-3-9-30-20/h2-10,12,14,16,18H,11,13,15,29H2,1H3,(H,31,32,33). The SMILES string of the molecule is CS(=O)(=O)CC(N)Cc1csc(-c2ccc3ncnc(Nc4ccc(OCc5ccccn5)c(Cl)c4)c3c2)n1. The Morgan fingerprint density at radius 3 is 2.72 bits per heavy atom. The summed E-state index contributed by atoms with van der Waals surface area (Å²) in [5.74, 6) is 1.09. The quantitative estimate of drug-likeness (QED) is 0.233. The Balaban J connectivity index is 1.33. The molecule has 0 saturated carbocycles. The number of fused-ring (bicyclic) bond motifs is 1. The molecule has 3 heterocycles. The summed E-state index contributed by atoms with van der Waals surface area (Å²) < 4.78 is 28.9. The number of anilines is 2. The van der Waals surface area contributed by atoms with Gasteiger partial charge in [-0.15, -0.1) is 11.3 Å². The molecule has 0 aliphatic carbocycles. The molecule has 0 aliphatic rings. The highest BCUT2D eigenvalue weighted by atomic mass is 35.5. The lowest BCUT2D eigenvalue weighted by atomic mass is 10.1. The molecule has 1 atom stereocenters. The maximum absolute atomic E-state index is 11.5. The van der Waals surface area contributed by atoms with Crippen LogP contribution in [-0.2, 0) is 22.9 Å². The van der Waals surface area contributed by atoms with Crippen LogP contribution in [0.15, 0.2) is 72.5 Å². The number of rotatable bonds is 10. The van der Waals surface area contributed by atoms with Gasteiger partial charge in [0.2, 0.25) is 0 Å². The van der Waals surface area contributed by atoms with Crippen LogP contribution in [-0.4, -0.2) is 46.4 Å².